The molecule has 6 heteroatoms. The Hall–Kier alpha value is -2.76. The van der Waals surface area contributed by atoms with Gasteiger partial charge in [0.15, 0.2) is 0 Å². The number of benzene rings is 1. The lowest BCUT2D eigenvalue weighted by atomic mass is 10.1. The number of aromatic nitrogens is 4. The largest absolute Gasteiger partial charge is 0.332 e. The molecule has 1 aromatic carbocycles. The van der Waals surface area contributed by atoms with Crippen LogP contribution in [0.2, 0.25) is 0 Å². The molecular weight excluding hydrogens is 280 g/mol. The van der Waals surface area contributed by atoms with Crippen LogP contribution in [-0.4, -0.2) is 20.1 Å². The van der Waals surface area contributed by atoms with Gasteiger partial charge < -0.3 is 9.51 Å². The van der Waals surface area contributed by atoms with E-state index >= 15 is 0 Å². The maximum atomic E-state index is 11.7. The average Bonchev–Trinajstić information content (AvgIpc) is 3.25. The van der Waals surface area contributed by atoms with Crippen molar-refractivity contribution in [3.8, 4) is 23.0 Å². The Kier molecular flexibility index (Phi) is 2.89. The third-order valence-corrected chi connectivity index (χ3v) is 3.68. The maximum absolute atomic E-state index is 11.7. The van der Waals surface area contributed by atoms with E-state index in [4.69, 9.17) is 4.52 Å². The summed E-state index contributed by atoms with van der Waals surface area (Å²) in [6.07, 6.45) is 2.12. The molecule has 0 amide bonds. The topological polar surface area (TPSA) is 84.7 Å². The van der Waals surface area contributed by atoms with E-state index in [0.717, 1.165) is 24.0 Å². The van der Waals surface area contributed by atoms with Crippen molar-refractivity contribution in [2.75, 3.05) is 0 Å². The molecule has 0 saturated heterocycles. The van der Waals surface area contributed by atoms with Crippen molar-refractivity contribution in [1.29, 1.82) is 0 Å². The van der Waals surface area contributed by atoms with Gasteiger partial charge in [-0.15, -0.1) is 0 Å². The molecule has 1 saturated carbocycles. The van der Waals surface area contributed by atoms with Crippen molar-refractivity contribution in [3.05, 3.63) is 52.1 Å². The summed E-state index contributed by atoms with van der Waals surface area (Å²) in [5.74, 6) is 1.82. The zero-order valence-electron chi connectivity index (χ0n) is 12.0. The van der Waals surface area contributed by atoms with Crippen LogP contribution >= 0.6 is 0 Å². The van der Waals surface area contributed by atoms with E-state index in [0.29, 0.717) is 23.3 Å². The Balaban J connectivity index is 1.72. The number of aromatic amines is 1. The third-order valence-electron chi connectivity index (χ3n) is 3.68. The molecule has 0 bridgehead atoms. The van der Waals surface area contributed by atoms with Gasteiger partial charge in [-0.3, -0.25) is 4.79 Å². The Bertz CT molecular complexity index is 876. The summed E-state index contributed by atoms with van der Waals surface area (Å²) in [7, 11) is 0. The van der Waals surface area contributed by atoms with Crippen LogP contribution in [0.5, 0.6) is 0 Å². The molecule has 0 unspecified atom stereocenters. The number of H-pyrrole nitrogens is 1. The molecule has 0 spiro atoms. The average molecular weight is 294 g/mol. The minimum absolute atomic E-state index is 0.193. The SMILES string of the molecule is Cc1ccc(-c2noc(-c3cc(=O)[nH]c(C4CC4)n3)n2)cc1. The fourth-order valence-electron chi connectivity index (χ4n) is 2.28. The molecule has 0 atom stereocenters. The van der Waals surface area contributed by atoms with Crippen LogP contribution in [0, 0.1) is 6.92 Å². The molecule has 6 nitrogen and oxygen atoms in total. The number of nitrogens with one attached hydrogen (secondary N) is 1. The van der Waals surface area contributed by atoms with Crippen LogP contribution in [0.3, 0.4) is 0 Å². The van der Waals surface area contributed by atoms with E-state index in [1.165, 1.54) is 6.07 Å². The van der Waals surface area contributed by atoms with Crippen molar-refractivity contribution in [3.63, 3.8) is 0 Å². The first-order chi connectivity index (χ1) is 10.7. The normalized spacial score (nSPS) is 14.2. The lowest BCUT2D eigenvalue weighted by Crippen LogP contribution is -2.10. The molecule has 110 valence electrons. The molecule has 3 aromatic rings. The lowest BCUT2D eigenvalue weighted by molar-refractivity contribution is 0.430. The third kappa shape index (κ3) is 2.43. The van der Waals surface area contributed by atoms with Gasteiger partial charge in [0, 0.05) is 17.5 Å². The first-order valence-electron chi connectivity index (χ1n) is 7.21. The molecule has 22 heavy (non-hydrogen) atoms. The van der Waals surface area contributed by atoms with E-state index in [2.05, 4.69) is 20.1 Å². The monoisotopic (exact) mass is 294 g/mol. The molecule has 1 aliphatic carbocycles. The van der Waals surface area contributed by atoms with Crippen molar-refractivity contribution < 1.29 is 4.52 Å². The zero-order chi connectivity index (χ0) is 15.1. The van der Waals surface area contributed by atoms with Gasteiger partial charge in [-0.1, -0.05) is 35.0 Å². The van der Waals surface area contributed by atoms with Crippen LogP contribution in [-0.2, 0) is 0 Å². The Morgan fingerprint density at radius 1 is 1.18 bits per heavy atom. The van der Waals surface area contributed by atoms with Gasteiger partial charge in [0.1, 0.15) is 11.5 Å². The number of hydrogen-bond acceptors (Lipinski definition) is 5. The molecule has 1 fully saturated rings. The number of aryl methyl sites for hydroxylation is 1. The zero-order valence-corrected chi connectivity index (χ0v) is 12.0. The van der Waals surface area contributed by atoms with Gasteiger partial charge in [0.05, 0.1) is 0 Å². The standard InChI is InChI=1S/C16H14N4O2/c1-9-2-4-11(5-3-9)15-19-16(22-20-15)12-8-13(21)18-14(17-12)10-6-7-10/h2-5,8,10H,6-7H2,1H3,(H,17,18,21). The summed E-state index contributed by atoms with van der Waals surface area (Å²) in [6, 6.07) is 9.23. The Morgan fingerprint density at radius 3 is 2.68 bits per heavy atom. The first kappa shape index (κ1) is 12.9. The highest BCUT2D eigenvalue weighted by Gasteiger charge is 2.27. The van der Waals surface area contributed by atoms with E-state index in [1.54, 1.807) is 0 Å². The highest BCUT2D eigenvalue weighted by molar-refractivity contribution is 5.58. The summed E-state index contributed by atoms with van der Waals surface area (Å²) >= 11 is 0. The molecule has 1 aliphatic rings. The first-order valence-corrected chi connectivity index (χ1v) is 7.21. The second-order valence-corrected chi connectivity index (χ2v) is 5.58. The van der Waals surface area contributed by atoms with Crippen LogP contribution in [0.4, 0.5) is 0 Å². The molecule has 1 N–H and O–H groups in total. The summed E-state index contributed by atoms with van der Waals surface area (Å²) in [6.45, 7) is 2.02. The van der Waals surface area contributed by atoms with Crippen molar-refractivity contribution >= 4 is 0 Å². The number of rotatable bonds is 3. The Labute approximate surface area is 126 Å². The molecule has 0 aliphatic heterocycles. The predicted octanol–water partition coefficient (Wildman–Crippen LogP) is 2.67. The predicted molar refractivity (Wildman–Crippen MR) is 80.3 cm³/mol. The second kappa shape index (κ2) is 4.91. The van der Waals surface area contributed by atoms with E-state index in [9.17, 15) is 4.79 Å². The minimum atomic E-state index is -0.193. The summed E-state index contributed by atoms with van der Waals surface area (Å²) < 4.78 is 5.27. The van der Waals surface area contributed by atoms with Gasteiger partial charge in [0.25, 0.3) is 11.4 Å². The van der Waals surface area contributed by atoms with Crippen molar-refractivity contribution in [2.24, 2.45) is 0 Å². The van der Waals surface area contributed by atoms with Crippen LogP contribution < -0.4 is 5.56 Å². The fraction of sp³-hybridized carbons (Fsp3) is 0.250. The molecule has 4 rings (SSSR count). The maximum Gasteiger partial charge on any atom is 0.277 e. The summed E-state index contributed by atoms with van der Waals surface area (Å²) in [5, 5.41) is 3.97. The van der Waals surface area contributed by atoms with Crippen LogP contribution in [0.15, 0.2) is 39.6 Å². The highest BCUT2D eigenvalue weighted by Crippen LogP contribution is 2.37. The van der Waals surface area contributed by atoms with E-state index in [1.807, 2.05) is 31.2 Å². The Morgan fingerprint density at radius 2 is 1.95 bits per heavy atom. The van der Waals surface area contributed by atoms with Crippen molar-refractivity contribution in [2.45, 2.75) is 25.7 Å². The second-order valence-electron chi connectivity index (χ2n) is 5.58. The summed E-state index contributed by atoms with van der Waals surface area (Å²) in [4.78, 5) is 23.3. The van der Waals surface area contributed by atoms with Gasteiger partial charge in [-0.25, -0.2) is 4.98 Å². The molecule has 2 heterocycles. The molecule has 0 radical (unpaired) electrons. The van der Waals surface area contributed by atoms with Crippen molar-refractivity contribution in [1.82, 2.24) is 20.1 Å². The highest BCUT2D eigenvalue weighted by atomic mass is 16.5. The van der Waals surface area contributed by atoms with Crippen LogP contribution in [0.1, 0.15) is 30.1 Å². The molecular formula is C16H14N4O2. The van der Waals surface area contributed by atoms with Gasteiger partial charge in [-0.05, 0) is 19.8 Å². The summed E-state index contributed by atoms with van der Waals surface area (Å²) in [5.41, 5.74) is 2.27. The number of nitrogens with zero attached hydrogens (tertiary/aromatic N) is 3. The van der Waals surface area contributed by atoms with E-state index < -0.39 is 0 Å². The smallest absolute Gasteiger partial charge is 0.277 e. The quantitative estimate of drug-likeness (QED) is 0.802. The van der Waals surface area contributed by atoms with E-state index in [-0.39, 0.29) is 11.4 Å². The lowest BCUT2D eigenvalue weighted by Gasteiger charge is -1.98. The molecule has 2 aromatic heterocycles. The van der Waals surface area contributed by atoms with Gasteiger partial charge in [-0.2, -0.15) is 4.98 Å². The van der Waals surface area contributed by atoms with Gasteiger partial charge >= 0.3 is 0 Å². The fourth-order valence-corrected chi connectivity index (χ4v) is 2.28. The minimum Gasteiger partial charge on any atom is -0.332 e. The van der Waals surface area contributed by atoms with Crippen LogP contribution in [0.25, 0.3) is 23.0 Å². The number of hydrogen-bond donors (Lipinski definition) is 1. The van der Waals surface area contributed by atoms with Gasteiger partial charge in [0.2, 0.25) is 5.82 Å².